The maximum atomic E-state index is 6.00. The van der Waals surface area contributed by atoms with E-state index in [1.807, 2.05) is 18.2 Å². The van der Waals surface area contributed by atoms with E-state index in [2.05, 4.69) is 28.6 Å². The summed E-state index contributed by atoms with van der Waals surface area (Å²) in [6, 6.07) is 7.95. The van der Waals surface area contributed by atoms with Crippen LogP contribution < -0.4 is 10.6 Å². The van der Waals surface area contributed by atoms with Crippen LogP contribution in [-0.4, -0.2) is 52.5 Å². The van der Waals surface area contributed by atoms with Crippen LogP contribution in [0.15, 0.2) is 29.3 Å². The molecule has 0 bridgehead atoms. The largest absolute Gasteiger partial charge is 0.382 e. The third-order valence-electron chi connectivity index (χ3n) is 3.34. The number of hydrogen-bond donors (Lipinski definition) is 2. The number of methoxy groups -OCH3 is 1. The van der Waals surface area contributed by atoms with Gasteiger partial charge >= 0.3 is 0 Å². The van der Waals surface area contributed by atoms with Crippen molar-refractivity contribution in [3.63, 3.8) is 0 Å². The van der Waals surface area contributed by atoms with Crippen LogP contribution in [0.1, 0.15) is 25.3 Å². The van der Waals surface area contributed by atoms with Crippen molar-refractivity contribution in [1.82, 2.24) is 10.6 Å². The topological polar surface area (TPSA) is 54.9 Å². The molecule has 6 heteroatoms. The summed E-state index contributed by atoms with van der Waals surface area (Å²) in [6.07, 6.45) is 2.94. The third-order valence-corrected chi connectivity index (χ3v) is 3.57. The van der Waals surface area contributed by atoms with Crippen LogP contribution in [-0.2, 0) is 15.9 Å². The normalized spacial score (nSPS) is 11.5. The molecule has 0 saturated carbocycles. The minimum absolute atomic E-state index is 0.652. The zero-order chi connectivity index (χ0) is 17.5. The summed E-state index contributed by atoms with van der Waals surface area (Å²) >= 11 is 6.00. The van der Waals surface area contributed by atoms with Crippen molar-refractivity contribution < 1.29 is 9.47 Å². The first-order chi connectivity index (χ1) is 11.8. The minimum atomic E-state index is 0.652. The Labute approximate surface area is 150 Å². The molecule has 0 aliphatic carbocycles. The van der Waals surface area contributed by atoms with Gasteiger partial charge in [0.15, 0.2) is 5.96 Å². The predicted octanol–water partition coefficient (Wildman–Crippen LogP) is 2.88. The van der Waals surface area contributed by atoms with Crippen LogP contribution in [0.5, 0.6) is 0 Å². The van der Waals surface area contributed by atoms with Gasteiger partial charge in [-0.25, -0.2) is 0 Å². The van der Waals surface area contributed by atoms with Gasteiger partial charge in [-0.2, -0.15) is 0 Å². The summed E-state index contributed by atoms with van der Waals surface area (Å²) in [5.41, 5.74) is 1.22. The van der Waals surface area contributed by atoms with Crippen molar-refractivity contribution in [1.29, 1.82) is 0 Å². The molecule has 0 saturated heterocycles. The van der Waals surface area contributed by atoms with Gasteiger partial charge in [-0.05, 0) is 43.9 Å². The van der Waals surface area contributed by atoms with E-state index in [0.29, 0.717) is 13.2 Å². The Morgan fingerprint density at radius 1 is 1.17 bits per heavy atom. The second kappa shape index (κ2) is 14.1. The van der Waals surface area contributed by atoms with Crippen LogP contribution in [0.4, 0.5) is 0 Å². The SMILES string of the molecule is CCNC(=NCCCCOCCOC)NCCc1cccc(Cl)c1. The van der Waals surface area contributed by atoms with Crippen LogP contribution in [0.3, 0.4) is 0 Å². The minimum Gasteiger partial charge on any atom is -0.382 e. The zero-order valence-corrected chi connectivity index (χ0v) is 15.6. The fourth-order valence-electron chi connectivity index (χ4n) is 2.11. The summed E-state index contributed by atoms with van der Waals surface area (Å²) in [5.74, 6) is 0.861. The average Bonchev–Trinajstić information content (AvgIpc) is 2.57. The van der Waals surface area contributed by atoms with Crippen LogP contribution in [0.25, 0.3) is 0 Å². The molecule has 0 radical (unpaired) electrons. The van der Waals surface area contributed by atoms with Crippen molar-refractivity contribution in [2.24, 2.45) is 4.99 Å². The molecule has 2 N–H and O–H groups in total. The highest BCUT2D eigenvalue weighted by Crippen LogP contribution is 2.10. The molecular formula is C18H30ClN3O2. The van der Waals surface area contributed by atoms with Gasteiger partial charge in [0.05, 0.1) is 13.2 Å². The second-order valence-corrected chi connectivity index (χ2v) is 5.82. The number of hydrogen-bond acceptors (Lipinski definition) is 3. The van der Waals surface area contributed by atoms with E-state index in [-0.39, 0.29) is 0 Å². The number of rotatable bonds is 12. The Bertz CT molecular complexity index is 469. The molecule has 0 aromatic heterocycles. The van der Waals surface area contributed by atoms with Gasteiger partial charge in [0.25, 0.3) is 0 Å². The highest BCUT2D eigenvalue weighted by Gasteiger charge is 1.98. The molecule has 24 heavy (non-hydrogen) atoms. The fraction of sp³-hybridized carbons (Fsp3) is 0.611. The Hall–Kier alpha value is -1.30. The summed E-state index contributed by atoms with van der Waals surface area (Å²) in [6.45, 7) is 6.61. The van der Waals surface area contributed by atoms with Crippen molar-refractivity contribution in [3.8, 4) is 0 Å². The van der Waals surface area contributed by atoms with Crippen LogP contribution in [0, 0.1) is 0 Å². The van der Waals surface area contributed by atoms with Crippen molar-refractivity contribution in [2.75, 3.05) is 46.6 Å². The maximum Gasteiger partial charge on any atom is 0.191 e. The molecule has 0 aliphatic heterocycles. The molecular weight excluding hydrogens is 326 g/mol. The molecule has 0 heterocycles. The highest BCUT2D eigenvalue weighted by molar-refractivity contribution is 6.30. The van der Waals surface area contributed by atoms with E-state index in [0.717, 1.165) is 56.5 Å². The fourth-order valence-corrected chi connectivity index (χ4v) is 2.32. The molecule has 0 fully saturated rings. The second-order valence-electron chi connectivity index (χ2n) is 5.38. The Morgan fingerprint density at radius 3 is 2.79 bits per heavy atom. The number of halogens is 1. The number of unbranched alkanes of at least 4 members (excludes halogenated alkanes) is 1. The van der Waals surface area contributed by atoms with E-state index in [1.54, 1.807) is 7.11 Å². The number of nitrogens with one attached hydrogen (secondary N) is 2. The van der Waals surface area contributed by atoms with E-state index < -0.39 is 0 Å². The molecule has 136 valence electrons. The molecule has 0 amide bonds. The van der Waals surface area contributed by atoms with Crippen molar-refractivity contribution >= 4 is 17.6 Å². The summed E-state index contributed by atoms with van der Waals surface area (Å²) < 4.78 is 10.4. The lowest BCUT2D eigenvalue weighted by molar-refractivity contribution is 0.0690. The molecule has 0 atom stereocenters. The lowest BCUT2D eigenvalue weighted by Crippen LogP contribution is -2.38. The Balaban J connectivity index is 2.19. The molecule has 0 spiro atoms. The lowest BCUT2D eigenvalue weighted by Gasteiger charge is -2.11. The molecule has 1 rings (SSSR count). The average molecular weight is 356 g/mol. The van der Waals surface area contributed by atoms with E-state index in [1.165, 1.54) is 5.56 Å². The Kier molecular flexibility index (Phi) is 12.2. The summed E-state index contributed by atoms with van der Waals surface area (Å²) in [5, 5.41) is 7.40. The first-order valence-electron chi connectivity index (χ1n) is 8.59. The zero-order valence-electron chi connectivity index (χ0n) is 14.8. The number of nitrogens with zero attached hydrogens (tertiary/aromatic N) is 1. The quantitative estimate of drug-likeness (QED) is 0.344. The number of aliphatic imine (C=N–C) groups is 1. The van der Waals surface area contributed by atoms with Crippen LogP contribution >= 0.6 is 11.6 Å². The van der Waals surface area contributed by atoms with Gasteiger partial charge < -0.3 is 20.1 Å². The monoisotopic (exact) mass is 355 g/mol. The van der Waals surface area contributed by atoms with Gasteiger partial charge in [-0.1, -0.05) is 23.7 Å². The first kappa shape index (κ1) is 20.7. The van der Waals surface area contributed by atoms with E-state index in [9.17, 15) is 0 Å². The number of ether oxygens (including phenoxy) is 2. The molecule has 0 aliphatic rings. The highest BCUT2D eigenvalue weighted by atomic mass is 35.5. The number of benzene rings is 1. The molecule has 1 aromatic carbocycles. The molecule has 1 aromatic rings. The van der Waals surface area contributed by atoms with Gasteiger partial charge in [0, 0.05) is 38.4 Å². The summed E-state index contributed by atoms with van der Waals surface area (Å²) in [7, 11) is 1.68. The van der Waals surface area contributed by atoms with Crippen molar-refractivity contribution in [2.45, 2.75) is 26.2 Å². The van der Waals surface area contributed by atoms with Gasteiger partial charge in [0.1, 0.15) is 0 Å². The molecule has 0 unspecified atom stereocenters. The van der Waals surface area contributed by atoms with Gasteiger partial charge in [-0.15, -0.1) is 0 Å². The first-order valence-corrected chi connectivity index (χ1v) is 8.97. The standard InChI is InChI=1S/C18H30ClN3O2/c1-3-20-18(21-10-4-5-12-24-14-13-23-2)22-11-9-16-7-6-8-17(19)15-16/h6-8,15H,3-5,9-14H2,1-2H3,(H2,20,21,22). The number of guanidine groups is 1. The van der Waals surface area contributed by atoms with Crippen molar-refractivity contribution in [3.05, 3.63) is 34.9 Å². The van der Waals surface area contributed by atoms with E-state index in [4.69, 9.17) is 21.1 Å². The Morgan fingerprint density at radius 2 is 2.04 bits per heavy atom. The molecule has 5 nitrogen and oxygen atoms in total. The predicted molar refractivity (Wildman–Crippen MR) is 101 cm³/mol. The smallest absolute Gasteiger partial charge is 0.191 e. The maximum absolute atomic E-state index is 6.00. The third kappa shape index (κ3) is 10.5. The van der Waals surface area contributed by atoms with Gasteiger partial charge in [-0.3, -0.25) is 4.99 Å². The van der Waals surface area contributed by atoms with E-state index >= 15 is 0 Å². The summed E-state index contributed by atoms with van der Waals surface area (Å²) in [4.78, 5) is 4.58. The van der Waals surface area contributed by atoms with Crippen LogP contribution in [0.2, 0.25) is 5.02 Å². The van der Waals surface area contributed by atoms with Gasteiger partial charge in [0.2, 0.25) is 0 Å². The lowest BCUT2D eigenvalue weighted by atomic mass is 10.1.